The Balaban J connectivity index is 2.53. The van der Waals surface area contributed by atoms with Crippen LogP contribution in [0.15, 0.2) is 34.3 Å². The van der Waals surface area contributed by atoms with Gasteiger partial charge in [0, 0.05) is 0 Å². The first kappa shape index (κ1) is 9.25. The fraction of sp³-hybridized carbons (Fsp3) is 0.250. The zero-order valence-electron chi connectivity index (χ0n) is 6.42. The number of rotatable bonds is 0. The van der Waals surface area contributed by atoms with Gasteiger partial charge in [-0.05, 0) is 12.1 Å². The van der Waals surface area contributed by atoms with Crippen LogP contribution in [0.4, 0.5) is 0 Å². The average molecular weight is 236 g/mol. The molecule has 0 bridgehead atoms. The molecule has 0 aliphatic carbocycles. The monoisotopic (exact) mass is 234 g/mol. The summed E-state index contributed by atoms with van der Waals surface area (Å²) < 4.78 is -1.46. The molecule has 0 saturated carbocycles. The third-order valence-electron chi connectivity index (χ3n) is 1.70. The van der Waals surface area contributed by atoms with Crippen LogP contribution in [0.3, 0.4) is 0 Å². The van der Waals surface area contributed by atoms with Gasteiger partial charge in [-0.25, -0.2) is 0 Å². The molecule has 0 radical (unpaired) electrons. The molecule has 1 aromatic rings. The summed E-state index contributed by atoms with van der Waals surface area (Å²) in [7, 11) is 0. The standard InChI is InChI=1S/C8H5Cl3N2/c9-8(10,11)7-12-5-3-1-2-4-6(5)13-7/h1-4,7H. The largest absolute Gasteiger partial charge is 0.252 e. The second kappa shape index (κ2) is 3.12. The summed E-state index contributed by atoms with van der Waals surface area (Å²) >= 11 is 17.0. The van der Waals surface area contributed by atoms with E-state index in [0.717, 1.165) is 10.7 Å². The topological polar surface area (TPSA) is 24.7 Å². The molecule has 0 saturated heterocycles. The molecular weight excluding hydrogens is 230 g/mol. The number of nitrogens with zero attached hydrogens (tertiary/aromatic N) is 2. The molecule has 0 unspecified atom stereocenters. The summed E-state index contributed by atoms with van der Waals surface area (Å²) in [5.41, 5.74) is 0. The van der Waals surface area contributed by atoms with E-state index in [-0.39, 0.29) is 0 Å². The van der Waals surface area contributed by atoms with Gasteiger partial charge in [-0.1, -0.05) is 46.9 Å². The Morgan fingerprint density at radius 2 is 1.46 bits per heavy atom. The first-order valence-electron chi connectivity index (χ1n) is 3.65. The predicted molar refractivity (Wildman–Crippen MR) is 52.8 cm³/mol. The van der Waals surface area contributed by atoms with Crippen LogP contribution in [-0.2, 0) is 0 Å². The molecule has 0 N–H and O–H groups in total. The van der Waals surface area contributed by atoms with Gasteiger partial charge in [-0.2, -0.15) is 0 Å². The van der Waals surface area contributed by atoms with Gasteiger partial charge in [0.15, 0.2) is 6.17 Å². The first-order chi connectivity index (χ1) is 6.07. The van der Waals surface area contributed by atoms with Gasteiger partial charge in [0.2, 0.25) is 3.79 Å². The molecule has 1 aliphatic rings. The maximum absolute atomic E-state index is 5.67. The Kier molecular flexibility index (Phi) is 2.22. The minimum atomic E-state index is -1.46. The van der Waals surface area contributed by atoms with E-state index in [9.17, 15) is 0 Å². The van der Waals surface area contributed by atoms with E-state index >= 15 is 0 Å². The quantitative estimate of drug-likeness (QED) is 0.611. The number of halogens is 3. The molecule has 2 rings (SSSR count). The van der Waals surface area contributed by atoms with Crippen LogP contribution in [-0.4, -0.2) is 9.96 Å². The van der Waals surface area contributed by atoms with Crippen molar-refractivity contribution >= 4 is 34.8 Å². The van der Waals surface area contributed by atoms with Gasteiger partial charge in [0.1, 0.15) is 0 Å². The van der Waals surface area contributed by atoms with Gasteiger partial charge in [-0.3, -0.25) is 9.98 Å². The van der Waals surface area contributed by atoms with Crippen molar-refractivity contribution in [2.45, 2.75) is 9.96 Å². The molecule has 2 nitrogen and oxygen atoms in total. The Morgan fingerprint density at radius 3 is 1.85 bits per heavy atom. The van der Waals surface area contributed by atoms with Gasteiger partial charge in [0.05, 0.1) is 10.7 Å². The fourth-order valence-corrected chi connectivity index (χ4v) is 1.41. The fourth-order valence-electron chi connectivity index (χ4n) is 1.12. The Bertz CT molecular complexity index is 400. The number of hydrogen-bond donors (Lipinski definition) is 0. The molecule has 0 aromatic heterocycles. The van der Waals surface area contributed by atoms with E-state index < -0.39 is 9.96 Å². The van der Waals surface area contributed by atoms with Crippen molar-refractivity contribution in [1.29, 1.82) is 0 Å². The normalized spacial score (nSPS) is 16.2. The molecule has 5 heteroatoms. The number of benzene rings is 1. The molecule has 0 spiro atoms. The molecule has 0 amide bonds. The van der Waals surface area contributed by atoms with Crippen LogP contribution in [0.1, 0.15) is 0 Å². The highest BCUT2D eigenvalue weighted by atomic mass is 35.6. The van der Waals surface area contributed by atoms with Crippen LogP contribution in [0.25, 0.3) is 0 Å². The lowest BCUT2D eigenvalue weighted by atomic mass is 10.3. The second-order valence-corrected chi connectivity index (χ2v) is 5.03. The summed E-state index contributed by atoms with van der Waals surface area (Å²) in [5, 5.41) is 1.55. The lowest BCUT2D eigenvalue weighted by Crippen LogP contribution is -2.20. The maximum Gasteiger partial charge on any atom is 0.232 e. The molecule has 0 fully saturated rings. The highest BCUT2D eigenvalue weighted by molar-refractivity contribution is 6.68. The van der Waals surface area contributed by atoms with E-state index in [1.54, 1.807) is 0 Å². The minimum absolute atomic E-state index is 0.616. The lowest BCUT2D eigenvalue weighted by Gasteiger charge is -2.12. The lowest BCUT2D eigenvalue weighted by molar-refractivity contribution is 0.725. The summed E-state index contributed by atoms with van der Waals surface area (Å²) in [4.78, 5) is 8.32. The summed E-state index contributed by atoms with van der Waals surface area (Å²) in [6.45, 7) is 0. The predicted octanol–water partition coefficient (Wildman–Crippen LogP) is 1.64. The van der Waals surface area contributed by atoms with Gasteiger partial charge >= 0.3 is 0 Å². The molecule has 1 aromatic carbocycles. The first-order valence-corrected chi connectivity index (χ1v) is 4.78. The van der Waals surface area contributed by atoms with E-state index in [4.69, 9.17) is 34.8 Å². The third-order valence-corrected chi connectivity index (χ3v) is 2.28. The SMILES string of the molecule is ClC(Cl)(Cl)C1N=c2ccccc2=N1. The zero-order chi connectivity index (χ0) is 9.47. The molecule has 13 heavy (non-hydrogen) atoms. The number of para-hydroxylation sites is 2. The average Bonchev–Trinajstić information content (AvgIpc) is 2.45. The maximum atomic E-state index is 5.67. The van der Waals surface area contributed by atoms with Crippen LogP contribution in [0.2, 0.25) is 0 Å². The number of fused-ring (bicyclic) bond motifs is 1. The van der Waals surface area contributed by atoms with Crippen LogP contribution < -0.4 is 10.7 Å². The molecule has 0 atom stereocenters. The van der Waals surface area contributed by atoms with Crippen molar-refractivity contribution in [2.75, 3.05) is 0 Å². The van der Waals surface area contributed by atoms with Gasteiger partial charge in [-0.15, -0.1) is 0 Å². The molecule has 1 heterocycles. The summed E-state index contributed by atoms with van der Waals surface area (Å²) in [6, 6.07) is 7.43. The zero-order valence-corrected chi connectivity index (χ0v) is 8.68. The van der Waals surface area contributed by atoms with Gasteiger partial charge in [0.25, 0.3) is 0 Å². The van der Waals surface area contributed by atoms with Crippen molar-refractivity contribution in [1.82, 2.24) is 0 Å². The highest BCUT2D eigenvalue weighted by Gasteiger charge is 2.33. The minimum Gasteiger partial charge on any atom is -0.252 e. The number of hydrogen-bond acceptors (Lipinski definition) is 2. The van der Waals surface area contributed by atoms with Crippen molar-refractivity contribution in [3.63, 3.8) is 0 Å². The Labute approximate surface area is 89.9 Å². The van der Waals surface area contributed by atoms with E-state index in [0.29, 0.717) is 0 Å². The molecular formula is C8H5Cl3N2. The molecule has 1 aliphatic heterocycles. The van der Waals surface area contributed by atoms with Crippen molar-refractivity contribution in [3.8, 4) is 0 Å². The van der Waals surface area contributed by atoms with Crippen LogP contribution in [0, 0.1) is 0 Å². The second-order valence-electron chi connectivity index (χ2n) is 2.66. The molecule has 68 valence electrons. The van der Waals surface area contributed by atoms with Gasteiger partial charge < -0.3 is 0 Å². The van der Waals surface area contributed by atoms with Crippen molar-refractivity contribution in [2.24, 2.45) is 9.98 Å². The van der Waals surface area contributed by atoms with E-state index in [1.807, 2.05) is 24.3 Å². The summed E-state index contributed by atoms with van der Waals surface area (Å²) in [6.07, 6.45) is -0.616. The number of alkyl halides is 3. The van der Waals surface area contributed by atoms with Crippen LogP contribution >= 0.6 is 34.8 Å². The van der Waals surface area contributed by atoms with E-state index in [2.05, 4.69) is 9.98 Å². The smallest absolute Gasteiger partial charge is 0.232 e. The van der Waals surface area contributed by atoms with Crippen molar-refractivity contribution in [3.05, 3.63) is 35.0 Å². The Hall–Kier alpha value is -0.310. The summed E-state index contributed by atoms with van der Waals surface area (Å²) in [5.74, 6) is 0. The third kappa shape index (κ3) is 1.80. The van der Waals surface area contributed by atoms with Crippen molar-refractivity contribution < 1.29 is 0 Å². The van der Waals surface area contributed by atoms with Crippen LogP contribution in [0.5, 0.6) is 0 Å². The van der Waals surface area contributed by atoms with E-state index in [1.165, 1.54) is 0 Å². The highest BCUT2D eigenvalue weighted by Crippen LogP contribution is 2.32. The Morgan fingerprint density at radius 1 is 1.00 bits per heavy atom.